The van der Waals surface area contributed by atoms with Crippen LogP contribution in [-0.2, 0) is 11.3 Å². The van der Waals surface area contributed by atoms with Gasteiger partial charge in [0.15, 0.2) is 0 Å². The van der Waals surface area contributed by atoms with Gasteiger partial charge in [-0.2, -0.15) is 0 Å². The Bertz CT molecular complexity index is 697. The van der Waals surface area contributed by atoms with E-state index in [1.54, 1.807) is 0 Å². The van der Waals surface area contributed by atoms with Crippen molar-refractivity contribution in [2.24, 2.45) is 0 Å². The van der Waals surface area contributed by atoms with Crippen LogP contribution in [0.5, 0.6) is 0 Å². The summed E-state index contributed by atoms with van der Waals surface area (Å²) >= 11 is 5.91. The summed E-state index contributed by atoms with van der Waals surface area (Å²) in [6.07, 6.45) is 10.6. The second-order valence-electron chi connectivity index (χ2n) is 5.54. The number of benzene rings is 2. The molecule has 0 aliphatic heterocycles. The SMILES string of the molecule is Clc1ccc(COCC(C=C2C=CC=C2)c2ccccc2)cc1. The summed E-state index contributed by atoms with van der Waals surface area (Å²) in [5, 5.41) is 0.750. The van der Waals surface area contributed by atoms with Crippen LogP contribution in [0.1, 0.15) is 17.0 Å². The van der Waals surface area contributed by atoms with Crippen LogP contribution in [0.15, 0.2) is 90.6 Å². The molecule has 0 amide bonds. The predicted octanol–water partition coefficient (Wildman–Crippen LogP) is 5.69. The molecule has 0 heterocycles. The lowest BCUT2D eigenvalue weighted by Crippen LogP contribution is -2.06. The molecule has 1 aliphatic carbocycles. The second kappa shape index (κ2) is 7.96. The zero-order chi connectivity index (χ0) is 15.9. The Kier molecular flexibility index (Phi) is 5.46. The van der Waals surface area contributed by atoms with Crippen molar-refractivity contribution in [2.45, 2.75) is 12.5 Å². The van der Waals surface area contributed by atoms with Crippen LogP contribution in [-0.4, -0.2) is 6.61 Å². The van der Waals surface area contributed by atoms with Crippen LogP contribution in [0, 0.1) is 0 Å². The summed E-state index contributed by atoms with van der Waals surface area (Å²) in [6, 6.07) is 18.3. The van der Waals surface area contributed by atoms with E-state index in [4.69, 9.17) is 16.3 Å². The maximum atomic E-state index is 5.95. The van der Waals surface area contributed by atoms with E-state index in [0.717, 1.165) is 10.6 Å². The first-order valence-electron chi connectivity index (χ1n) is 7.75. The van der Waals surface area contributed by atoms with Gasteiger partial charge >= 0.3 is 0 Å². The zero-order valence-corrected chi connectivity index (χ0v) is 13.6. The third-order valence-corrected chi connectivity index (χ3v) is 4.04. The lowest BCUT2D eigenvalue weighted by Gasteiger charge is -2.15. The lowest BCUT2D eigenvalue weighted by atomic mass is 9.97. The normalized spacial score (nSPS) is 14.2. The summed E-state index contributed by atoms with van der Waals surface area (Å²) < 4.78 is 5.95. The van der Waals surface area contributed by atoms with Crippen LogP contribution in [0.3, 0.4) is 0 Å². The summed E-state index contributed by atoms with van der Waals surface area (Å²) in [4.78, 5) is 0. The molecular formula is C21H19ClO. The van der Waals surface area contributed by atoms with Crippen molar-refractivity contribution < 1.29 is 4.74 Å². The van der Waals surface area contributed by atoms with Gasteiger partial charge in [-0.3, -0.25) is 0 Å². The summed E-state index contributed by atoms with van der Waals surface area (Å²) in [5.74, 6) is 0.242. The fraction of sp³-hybridized carbons (Fsp3) is 0.143. The molecule has 1 nitrogen and oxygen atoms in total. The molecule has 0 spiro atoms. The molecule has 23 heavy (non-hydrogen) atoms. The first-order valence-corrected chi connectivity index (χ1v) is 8.13. The van der Waals surface area contributed by atoms with Gasteiger partial charge in [-0.05, 0) is 28.8 Å². The Labute approximate surface area is 142 Å². The van der Waals surface area contributed by atoms with Gasteiger partial charge in [0.1, 0.15) is 0 Å². The fourth-order valence-corrected chi connectivity index (χ4v) is 2.68. The number of allylic oxidation sites excluding steroid dienone is 5. The second-order valence-corrected chi connectivity index (χ2v) is 5.98. The van der Waals surface area contributed by atoms with Crippen LogP contribution in [0.4, 0.5) is 0 Å². The highest BCUT2D eigenvalue weighted by Gasteiger charge is 2.10. The minimum absolute atomic E-state index is 0.242. The third-order valence-electron chi connectivity index (χ3n) is 3.79. The molecule has 0 N–H and O–H groups in total. The van der Waals surface area contributed by atoms with Crippen molar-refractivity contribution in [2.75, 3.05) is 6.61 Å². The largest absolute Gasteiger partial charge is 0.376 e. The molecule has 3 rings (SSSR count). The highest BCUT2D eigenvalue weighted by molar-refractivity contribution is 6.30. The van der Waals surface area contributed by atoms with Gasteiger partial charge in [-0.25, -0.2) is 0 Å². The van der Waals surface area contributed by atoms with Crippen molar-refractivity contribution in [1.82, 2.24) is 0 Å². The predicted molar refractivity (Wildman–Crippen MR) is 96.7 cm³/mol. The Hall–Kier alpha value is -2.09. The van der Waals surface area contributed by atoms with Crippen molar-refractivity contribution in [3.8, 4) is 0 Å². The highest BCUT2D eigenvalue weighted by Crippen LogP contribution is 2.22. The number of ether oxygens (including phenoxy) is 1. The van der Waals surface area contributed by atoms with Crippen molar-refractivity contribution in [1.29, 1.82) is 0 Å². The van der Waals surface area contributed by atoms with Gasteiger partial charge in [0.05, 0.1) is 13.2 Å². The molecule has 0 aromatic heterocycles. The number of hydrogen-bond acceptors (Lipinski definition) is 1. The topological polar surface area (TPSA) is 9.23 Å². The summed E-state index contributed by atoms with van der Waals surface area (Å²) in [6.45, 7) is 1.24. The molecule has 0 bridgehead atoms. The zero-order valence-electron chi connectivity index (χ0n) is 12.9. The maximum Gasteiger partial charge on any atom is 0.0717 e. The first-order chi connectivity index (χ1) is 11.3. The van der Waals surface area contributed by atoms with E-state index in [1.165, 1.54) is 11.1 Å². The van der Waals surface area contributed by atoms with E-state index in [1.807, 2.05) is 30.3 Å². The van der Waals surface area contributed by atoms with E-state index in [0.29, 0.717) is 13.2 Å². The number of hydrogen-bond donors (Lipinski definition) is 0. The van der Waals surface area contributed by atoms with E-state index in [-0.39, 0.29) is 5.92 Å². The van der Waals surface area contributed by atoms with Crippen molar-refractivity contribution in [3.63, 3.8) is 0 Å². The van der Waals surface area contributed by atoms with Crippen LogP contribution >= 0.6 is 11.6 Å². The molecule has 0 fully saturated rings. The molecule has 1 aliphatic rings. The van der Waals surface area contributed by atoms with Gasteiger partial charge in [-0.15, -0.1) is 0 Å². The molecule has 0 saturated carbocycles. The van der Waals surface area contributed by atoms with Crippen LogP contribution in [0.25, 0.3) is 0 Å². The lowest BCUT2D eigenvalue weighted by molar-refractivity contribution is 0.115. The number of halogens is 1. The smallest absolute Gasteiger partial charge is 0.0717 e. The Morgan fingerprint density at radius 3 is 2.30 bits per heavy atom. The minimum atomic E-state index is 0.242. The Morgan fingerprint density at radius 2 is 1.61 bits per heavy atom. The van der Waals surface area contributed by atoms with Crippen LogP contribution < -0.4 is 0 Å². The summed E-state index contributed by atoms with van der Waals surface area (Å²) in [5.41, 5.74) is 3.63. The quantitative estimate of drug-likeness (QED) is 0.663. The van der Waals surface area contributed by atoms with E-state index in [2.05, 4.69) is 54.6 Å². The van der Waals surface area contributed by atoms with Gasteiger partial charge in [-0.1, -0.05) is 84.4 Å². The molecule has 2 aromatic carbocycles. The number of rotatable bonds is 6. The Balaban J connectivity index is 1.66. The average Bonchev–Trinajstić information content (AvgIpc) is 3.10. The first kappa shape index (κ1) is 15.8. The monoisotopic (exact) mass is 322 g/mol. The van der Waals surface area contributed by atoms with Gasteiger partial charge in [0.25, 0.3) is 0 Å². The molecule has 2 heteroatoms. The van der Waals surface area contributed by atoms with E-state index in [9.17, 15) is 0 Å². The fourth-order valence-electron chi connectivity index (χ4n) is 2.56. The van der Waals surface area contributed by atoms with Gasteiger partial charge < -0.3 is 4.74 Å². The molecule has 0 radical (unpaired) electrons. The molecule has 0 saturated heterocycles. The molecule has 2 aromatic rings. The van der Waals surface area contributed by atoms with E-state index >= 15 is 0 Å². The average molecular weight is 323 g/mol. The Morgan fingerprint density at radius 1 is 0.913 bits per heavy atom. The third kappa shape index (κ3) is 4.69. The van der Waals surface area contributed by atoms with Crippen LogP contribution in [0.2, 0.25) is 5.02 Å². The van der Waals surface area contributed by atoms with Gasteiger partial charge in [0.2, 0.25) is 0 Å². The van der Waals surface area contributed by atoms with E-state index < -0.39 is 0 Å². The van der Waals surface area contributed by atoms with Gasteiger partial charge in [0, 0.05) is 10.9 Å². The van der Waals surface area contributed by atoms with Crippen molar-refractivity contribution >= 4 is 11.6 Å². The maximum absolute atomic E-state index is 5.95. The molecule has 116 valence electrons. The summed E-state index contributed by atoms with van der Waals surface area (Å²) in [7, 11) is 0. The minimum Gasteiger partial charge on any atom is -0.376 e. The molecule has 1 atom stereocenters. The molecule has 1 unspecified atom stereocenters. The highest BCUT2D eigenvalue weighted by atomic mass is 35.5. The molecular weight excluding hydrogens is 304 g/mol. The van der Waals surface area contributed by atoms with Crippen molar-refractivity contribution in [3.05, 3.63) is 107 Å². The standard InChI is InChI=1S/C21H19ClO/c22-21-12-10-18(11-13-21)15-23-16-20(14-17-6-4-5-7-17)19-8-2-1-3-9-19/h1-14,20H,15-16H2.